The number of hydrogen-bond acceptors (Lipinski definition) is 2. The zero-order chi connectivity index (χ0) is 18.4. The van der Waals surface area contributed by atoms with E-state index in [1.165, 1.54) is 12.1 Å². The molecule has 0 aliphatic carbocycles. The summed E-state index contributed by atoms with van der Waals surface area (Å²) in [5, 5.41) is 12.8. The maximum atomic E-state index is 13.3. The van der Waals surface area contributed by atoms with Crippen molar-refractivity contribution in [3.05, 3.63) is 107 Å². The average Bonchev–Trinajstić information content (AvgIpc) is 2.67. The Morgan fingerprint density at radius 3 is 1.77 bits per heavy atom. The van der Waals surface area contributed by atoms with Gasteiger partial charge in [-0.3, -0.25) is 10.1 Å². The monoisotopic (exact) mass is 349 g/mol. The minimum atomic E-state index is -0.910. The minimum absolute atomic E-state index is 0.0954. The first kappa shape index (κ1) is 17.8. The lowest BCUT2D eigenvalue weighted by atomic mass is 9.95. The zero-order valence-corrected chi connectivity index (χ0v) is 14.2. The van der Waals surface area contributed by atoms with Gasteiger partial charge in [-0.25, -0.2) is 4.39 Å². The minimum Gasteiger partial charge on any atom is -0.481 e. The summed E-state index contributed by atoms with van der Waals surface area (Å²) in [6, 6.07) is 25.1. The highest BCUT2D eigenvalue weighted by atomic mass is 19.1. The number of rotatable bonds is 7. The quantitative estimate of drug-likeness (QED) is 0.649. The van der Waals surface area contributed by atoms with Gasteiger partial charge in [-0.05, 0) is 28.8 Å². The fraction of sp³-hybridized carbons (Fsp3) is 0.136. The summed E-state index contributed by atoms with van der Waals surface area (Å²) in [5.74, 6) is -1.25. The van der Waals surface area contributed by atoms with Crippen molar-refractivity contribution in [3.8, 4) is 0 Å². The second-order valence-electron chi connectivity index (χ2n) is 6.12. The van der Waals surface area contributed by atoms with Gasteiger partial charge in [0.25, 0.3) is 0 Å². The van der Waals surface area contributed by atoms with Crippen LogP contribution in [0.5, 0.6) is 0 Å². The van der Waals surface area contributed by atoms with Crippen LogP contribution in [-0.2, 0) is 4.79 Å². The molecule has 0 radical (unpaired) electrons. The lowest BCUT2D eigenvalue weighted by Gasteiger charge is -2.26. The summed E-state index contributed by atoms with van der Waals surface area (Å²) in [6.45, 7) is 0. The van der Waals surface area contributed by atoms with Gasteiger partial charge in [0.15, 0.2) is 0 Å². The molecule has 2 N–H and O–H groups in total. The molecular weight excluding hydrogens is 329 g/mol. The molecule has 0 bridgehead atoms. The Morgan fingerprint density at radius 1 is 0.808 bits per heavy atom. The zero-order valence-electron chi connectivity index (χ0n) is 14.2. The molecule has 4 heteroatoms. The van der Waals surface area contributed by atoms with E-state index in [2.05, 4.69) is 5.32 Å². The number of halogens is 1. The van der Waals surface area contributed by atoms with Crippen molar-refractivity contribution < 1.29 is 14.3 Å². The molecule has 0 aliphatic rings. The van der Waals surface area contributed by atoms with E-state index in [4.69, 9.17) is 0 Å². The maximum Gasteiger partial charge on any atom is 0.305 e. The number of nitrogens with one attached hydrogen (secondary N) is 1. The Balaban J connectivity index is 1.96. The summed E-state index contributed by atoms with van der Waals surface area (Å²) in [5.41, 5.74) is 2.82. The Morgan fingerprint density at radius 2 is 1.31 bits per heavy atom. The molecular formula is C22H20FNO2. The van der Waals surface area contributed by atoms with Crippen molar-refractivity contribution in [2.45, 2.75) is 18.5 Å². The van der Waals surface area contributed by atoms with Gasteiger partial charge in [-0.2, -0.15) is 0 Å². The van der Waals surface area contributed by atoms with Gasteiger partial charge in [-0.15, -0.1) is 0 Å². The molecule has 3 aromatic carbocycles. The van der Waals surface area contributed by atoms with E-state index in [1.807, 2.05) is 60.7 Å². The molecule has 0 spiro atoms. The van der Waals surface area contributed by atoms with Crippen LogP contribution in [0.15, 0.2) is 84.9 Å². The summed E-state index contributed by atoms with van der Waals surface area (Å²) < 4.78 is 13.3. The third-order valence-corrected chi connectivity index (χ3v) is 4.28. The highest BCUT2D eigenvalue weighted by Gasteiger charge is 2.22. The number of aliphatic carboxylic acids is 1. The second-order valence-corrected chi connectivity index (χ2v) is 6.12. The maximum absolute atomic E-state index is 13.3. The van der Waals surface area contributed by atoms with Crippen molar-refractivity contribution >= 4 is 5.97 Å². The Hall–Kier alpha value is -2.98. The second kappa shape index (κ2) is 8.41. The Kier molecular flexibility index (Phi) is 5.77. The van der Waals surface area contributed by atoms with E-state index >= 15 is 0 Å². The smallest absolute Gasteiger partial charge is 0.305 e. The first-order valence-corrected chi connectivity index (χ1v) is 8.46. The number of hydrogen-bond donors (Lipinski definition) is 2. The normalized spacial score (nSPS) is 12.1. The van der Waals surface area contributed by atoms with Crippen LogP contribution in [0.1, 0.15) is 35.2 Å². The van der Waals surface area contributed by atoms with Gasteiger partial charge in [0.2, 0.25) is 0 Å². The van der Waals surface area contributed by atoms with Gasteiger partial charge < -0.3 is 5.11 Å². The fourth-order valence-electron chi connectivity index (χ4n) is 3.02. The lowest BCUT2D eigenvalue weighted by molar-refractivity contribution is -0.137. The molecule has 0 amide bonds. The molecule has 3 nitrogen and oxygen atoms in total. The number of benzene rings is 3. The first-order valence-electron chi connectivity index (χ1n) is 8.46. The summed E-state index contributed by atoms with van der Waals surface area (Å²) in [4.78, 5) is 11.4. The molecule has 0 aliphatic heterocycles. The molecule has 132 valence electrons. The Bertz CT molecular complexity index is 796. The van der Waals surface area contributed by atoms with E-state index < -0.39 is 12.0 Å². The molecule has 3 aromatic rings. The number of carboxylic acids is 1. The summed E-state index contributed by atoms with van der Waals surface area (Å²) in [7, 11) is 0. The molecule has 1 unspecified atom stereocenters. The highest BCUT2D eigenvalue weighted by Crippen LogP contribution is 2.27. The molecule has 26 heavy (non-hydrogen) atoms. The van der Waals surface area contributed by atoms with Crippen LogP contribution in [0, 0.1) is 5.82 Å². The lowest BCUT2D eigenvalue weighted by Crippen LogP contribution is -2.29. The molecule has 3 rings (SSSR count). The molecule has 0 saturated heterocycles. The van der Waals surface area contributed by atoms with Crippen LogP contribution < -0.4 is 5.32 Å². The molecule has 0 fully saturated rings. The molecule has 0 heterocycles. The molecule has 0 saturated carbocycles. The van der Waals surface area contributed by atoms with Crippen LogP contribution in [-0.4, -0.2) is 11.1 Å². The van der Waals surface area contributed by atoms with Crippen LogP contribution in [0.4, 0.5) is 4.39 Å². The van der Waals surface area contributed by atoms with Crippen LogP contribution in [0.3, 0.4) is 0 Å². The fourth-order valence-corrected chi connectivity index (χ4v) is 3.02. The Labute approximate surface area is 152 Å². The van der Waals surface area contributed by atoms with Crippen molar-refractivity contribution in [1.29, 1.82) is 0 Å². The van der Waals surface area contributed by atoms with E-state index in [0.29, 0.717) is 0 Å². The van der Waals surface area contributed by atoms with E-state index in [9.17, 15) is 14.3 Å². The third kappa shape index (κ3) is 4.55. The van der Waals surface area contributed by atoms with Crippen molar-refractivity contribution in [3.63, 3.8) is 0 Å². The standard InChI is InChI=1S/C22H20FNO2/c23-19-13-11-16(12-14-19)20(15-21(25)26)24-22(17-7-3-1-4-8-17)18-9-5-2-6-10-18/h1-14,20,22,24H,15H2,(H,25,26). The first-order chi connectivity index (χ1) is 12.6. The topological polar surface area (TPSA) is 49.3 Å². The van der Waals surface area contributed by atoms with E-state index in [-0.39, 0.29) is 18.3 Å². The highest BCUT2D eigenvalue weighted by molar-refractivity contribution is 5.68. The van der Waals surface area contributed by atoms with Crippen molar-refractivity contribution in [2.75, 3.05) is 0 Å². The number of carbonyl (C=O) groups is 1. The van der Waals surface area contributed by atoms with Crippen molar-refractivity contribution in [1.82, 2.24) is 5.32 Å². The van der Waals surface area contributed by atoms with Gasteiger partial charge in [-0.1, -0.05) is 72.8 Å². The van der Waals surface area contributed by atoms with Crippen LogP contribution >= 0.6 is 0 Å². The predicted octanol–water partition coefficient (Wildman–Crippen LogP) is 4.72. The van der Waals surface area contributed by atoms with Gasteiger partial charge in [0.1, 0.15) is 5.82 Å². The van der Waals surface area contributed by atoms with Gasteiger partial charge in [0.05, 0.1) is 12.5 Å². The predicted molar refractivity (Wildman–Crippen MR) is 99.3 cm³/mol. The molecule has 0 aromatic heterocycles. The third-order valence-electron chi connectivity index (χ3n) is 4.28. The average molecular weight is 349 g/mol. The largest absolute Gasteiger partial charge is 0.481 e. The van der Waals surface area contributed by atoms with E-state index in [0.717, 1.165) is 16.7 Å². The SMILES string of the molecule is O=C(O)CC(NC(c1ccccc1)c1ccccc1)c1ccc(F)cc1. The van der Waals surface area contributed by atoms with Crippen LogP contribution in [0.2, 0.25) is 0 Å². The van der Waals surface area contributed by atoms with Gasteiger partial charge in [0, 0.05) is 6.04 Å². The van der Waals surface area contributed by atoms with Gasteiger partial charge >= 0.3 is 5.97 Å². The molecule has 1 atom stereocenters. The summed E-state index contributed by atoms with van der Waals surface area (Å²) >= 11 is 0. The van der Waals surface area contributed by atoms with Crippen molar-refractivity contribution in [2.24, 2.45) is 0 Å². The number of carboxylic acid groups (broad SMARTS) is 1. The van der Waals surface area contributed by atoms with E-state index in [1.54, 1.807) is 12.1 Å². The summed E-state index contributed by atoms with van der Waals surface area (Å²) in [6.07, 6.45) is -0.0954. The van der Waals surface area contributed by atoms with Crippen LogP contribution in [0.25, 0.3) is 0 Å².